The highest BCUT2D eigenvalue weighted by atomic mass is 19.1. The lowest BCUT2D eigenvalue weighted by Gasteiger charge is -2.21. The third kappa shape index (κ3) is 5.81. The van der Waals surface area contributed by atoms with Crippen molar-refractivity contribution in [2.75, 3.05) is 13.7 Å². The van der Waals surface area contributed by atoms with E-state index in [1.807, 2.05) is 0 Å². The van der Waals surface area contributed by atoms with Crippen molar-refractivity contribution >= 4 is 17.9 Å². The Morgan fingerprint density at radius 1 is 1.17 bits per heavy atom. The predicted molar refractivity (Wildman–Crippen MR) is 107 cm³/mol. The van der Waals surface area contributed by atoms with Crippen LogP contribution in [-0.4, -0.2) is 36.5 Å². The number of hydrogen-bond acceptors (Lipinski definition) is 4. The quantitative estimate of drug-likeness (QED) is 0.659. The van der Waals surface area contributed by atoms with Crippen molar-refractivity contribution in [2.24, 2.45) is 5.73 Å². The number of rotatable bonds is 9. The highest BCUT2D eigenvalue weighted by Gasteiger charge is 2.31. The summed E-state index contributed by atoms with van der Waals surface area (Å²) in [5.74, 6) is -0.153. The first-order valence-corrected chi connectivity index (χ1v) is 9.28. The van der Waals surface area contributed by atoms with Crippen LogP contribution in [0.1, 0.15) is 24.0 Å². The van der Waals surface area contributed by atoms with Gasteiger partial charge < -0.3 is 20.1 Å². The molecule has 0 aliphatic heterocycles. The minimum atomic E-state index is -0.581. The molecule has 6 nitrogen and oxygen atoms in total. The Bertz CT molecular complexity index is 908. The molecule has 3 rings (SSSR count). The first kappa shape index (κ1) is 20.4. The van der Waals surface area contributed by atoms with Crippen molar-refractivity contribution in [1.29, 1.82) is 0 Å². The number of halogens is 1. The molecule has 152 valence electrons. The number of primary amides is 1. The average molecular weight is 398 g/mol. The zero-order valence-electron chi connectivity index (χ0n) is 16.1. The van der Waals surface area contributed by atoms with Gasteiger partial charge >= 0.3 is 0 Å². The number of amides is 2. The summed E-state index contributed by atoms with van der Waals surface area (Å²) in [7, 11) is 1.49. The first-order chi connectivity index (χ1) is 14.0. The summed E-state index contributed by atoms with van der Waals surface area (Å²) in [6.45, 7) is 0.196. The number of carbonyl (C=O) groups is 2. The molecule has 0 atom stereocenters. The second-order valence-corrected chi connectivity index (χ2v) is 6.82. The third-order valence-electron chi connectivity index (χ3n) is 4.51. The third-order valence-corrected chi connectivity index (χ3v) is 4.51. The van der Waals surface area contributed by atoms with Gasteiger partial charge in [-0.25, -0.2) is 4.39 Å². The molecule has 0 spiro atoms. The van der Waals surface area contributed by atoms with E-state index in [4.69, 9.17) is 15.2 Å². The lowest BCUT2D eigenvalue weighted by Crippen LogP contribution is -2.31. The van der Waals surface area contributed by atoms with Crippen LogP contribution in [0, 0.1) is 5.82 Å². The van der Waals surface area contributed by atoms with E-state index >= 15 is 0 Å². The van der Waals surface area contributed by atoms with Crippen molar-refractivity contribution in [3.05, 3.63) is 65.5 Å². The summed E-state index contributed by atoms with van der Waals surface area (Å²) in [5, 5.41) is 0. The second-order valence-electron chi connectivity index (χ2n) is 6.82. The molecule has 0 unspecified atom stereocenters. The average Bonchev–Trinajstić information content (AvgIpc) is 3.55. The summed E-state index contributed by atoms with van der Waals surface area (Å²) in [5.41, 5.74) is 6.72. The molecule has 0 bridgehead atoms. The van der Waals surface area contributed by atoms with Crippen LogP contribution in [0.3, 0.4) is 0 Å². The summed E-state index contributed by atoms with van der Waals surface area (Å²) in [6, 6.07) is 11.5. The predicted octanol–water partition coefficient (Wildman–Crippen LogP) is 2.90. The van der Waals surface area contributed by atoms with Crippen LogP contribution >= 0.6 is 0 Å². The van der Waals surface area contributed by atoms with Gasteiger partial charge in [0.05, 0.1) is 7.11 Å². The number of nitrogens with two attached hydrogens (primary N) is 1. The van der Waals surface area contributed by atoms with Crippen molar-refractivity contribution in [3.63, 3.8) is 0 Å². The van der Waals surface area contributed by atoms with Gasteiger partial charge in [0, 0.05) is 18.7 Å². The molecular formula is C22H23FN2O4. The lowest BCUT2D eigenvalue weighted by atomic mass is 10.1. The normalized spacial score (nSPS) is 13.3. The smallest absolute Gasteiger partial charge is 0.255 e. The van der Waals surface area contributed by atoms with E-state index in [2.05, 4.69) is 0 Å². The van der Waals surface area contributed by atoms with E-state index in [1.54, 1.807) is 41.3 Å². The fourth-order valence-corrected chi connectivity index (χ4v) is 2.88. The van der Waals surface area contributed by atoms with Crippen LogP contribution in [0.2, 0.25) is 0 Å². The van der Waals surface area contributed by atoms with Gasteiger partial charge in [-0.2, -0.15) is 0 Å². The molecule has 1 aliphatic carbocycles. The van der Waals surface area contributed by atoms with E-state index in [9.17, 15) is 14.0 Å². The molecule has 1 saturated carbocycles. The molecule has 0 aromatic heterocycles. The Kier molecular flexibility index (Phi) is 6.49. The number of hydrogen-bond donors (Lipinski definition) is 1. The van der Waals surface area contributed by atoms with Crippen molar-refractivity contribution < 1.29 is 23.5 Å². The molecule has 1 fully saturated rings. The summed E-state index contributed by atoms with van der Waals surface area (Å²) in [4.78, 5) is 25.4. The standard InChI is InChI=1S/C22H23FN2O4/c1-28-20-12-15(4-10-19(20)29-14-21(24)26)5-11-22(27)25(18-8-9-18)13-16-2-6-17(23)7-3-16/h2-7,10-12,18H,8-9,13-14H2,1H3,(H2,24,26)/b11-5+. The van der Waals surface area contributed by atoms with Crippen LogP contribution < -0.4 is 15.2 Å². The maximum atomic E-state index is 13.1. The molecule has 2 amide bonds. The molecule has 2 N–H and O–H groups in total. The molecular weight excluding hydrogens is 375 g/mol. The van der Waals surface area contributed by atoms with Crippen LogP contribution in [-0.2, 0) is 16.1 Å². The van der Waals surface area contributed by atoms with Gasteiger partial charge in [0.15, 0.2) is 18.1 Å². The van der Waals surface area contributed by atoms with Gasteiger partial charge in [-0.15, -0.1) is 0 Å². The molecule has 0 radical (unpaired) electrons. The number of carbonyl (C=O) groups excluding carboxylic acids is 2. The van der Waals surface area contributed by atoms with E-state index in [1.165, 1.54) is 25.3 Å². The highest BCUT2D eigenvalue weighted by Crippen LogP contribution is 2.30. The molecule has 7 heteroatoms. The molecule has 0 heterocycles. The Hall–Kier alpha value is -3.35. The van der Waals surface area contributed by atoms with Gasteiger partial charge in [0.25, 0.3) is 5.91 Å². The summed E-state index contributed by atoms with van der Waals surface area (Å²) in [6.07, 6.45) is 5.16. The number of benzene rings is 2. The lowest BCUT2D eigenvalue weighted by molar-refractivity contribution is -0.127. The van der Waals surface area contributed by atoms with Gasteiger partial charge in [-0.3, -0.25) is 9.59 Å². The minimum absolute atomic E-state index is 0.107. The van der Waals surface area contributed by atoms with Crippen LogP contribution in [0.25, 0.3) is 6.08 Å². The van der Waals surface area contributed by atoms with Crippen molar-refractivity contribution in [2.45, 2.75) is 25.4 Å². The van der Waals surface area contributed by atoms with Crippen molar-refractivity contribution in [3.8, 4) is 11.5 Å². The SMILES string of the molecule is COc1cc(/C=C/C(=O)N(Cc2ccc(F)cc2)C2CC2)ccc1OCC(N)=O. The second kappa shape index (κ2) is 9.23. The van der Waals surface area contributed by atoms with E-state index in [0.717, 1.165) is 24.0 Å². The largest absolute Gasteiger partial charge is 0.493 e. The number of methoxy groups -OCH3 is 1. The van der Waals surface area contributed by atoms with Gasteiger partial charge in [0.1, 0.15) is 5.82 Å². The maximum absolute atomic E-state index is 13.1. The molecule has 0 saturated heterocycles. The fraction of sp³-hybridized carbons (Fsp3) is 0.273. The maximum Gasteiger partial charge on any atom is 0.255 e. The zero-order chi connectivity index (χ0) is 20.8. The Morgan fingerprint density at radius 2 is 1.90 bits per heavy atom. The topological polar surface area (TPSA) is 81.9 Å². The summed E-state index contributed by atoms with van der Waals surface area (Å²) >= 11 is 0. The van der Waals surface area contributed by atoms with Crippen LogP contribution in [0.5, 0.6) is 11.5 Å². The number of nitrogens with zero attached hydrogens (tertiary/aromatic N) is 1. The Labute approximate surface area is 168 Å². The van der Waals surface area contributed by atoms with Gasteiger partial charge in [-0.1, -0.05) is 18.2 Å². The van der Waals surface area contributed by atoms with Gasteiger partial charge in [0.2, 0.25) is 5.91 Å². The van der Waals surface area contributed by atoms with Crippen LogP contribution in [0.4, 0.5) is 4.39 Å². The highest BCUT2D eigenvalue weighted by molar-refractivity contribution is 5.92. The molecule has 29 heavy (non-hydrogen) atoms. The van der Waals surface area contributed by atoms with Gasteiger partial charge in [-0.05, 0) is 54.3 Å². The molecule has 2 aromatic carbocycles. The zero-order valence-corrected chi connectivity index (χ0v) is 16.1. The monoisotopic (exact) mass is 398 g/mol. The number of ether oxygens (including phenoxy) is 2. The minimum Gasteiger partial charge on any atom is -0.493 e. The molecule has 2 aromatic rings. The summed E-state index contributed by atoms with van der Waals surface area (Å²) < 4.78 is 23.7. The van der Waals surface area contributed by atoms with E-state index in [0.29, 0.717) is 18.0 Å². The molecule has 1 aliphatic rings. The van der Waals surface area contributed by atoms with Crippen LogP contribution in [0.15, 0.2) is 48.5 Å². The Balaban J connectivity index is 1.69. The fourth-order valence-electron chi connectivity index (χ4n) is 2.88. The van der Waals surface area contributed by atoms with E-state index in [-0.39, 0.29) is 24.4 Å². The first-order valence-electron chi connectivity index (χ1n) is 9.28. The Morgan fingerprint density at radius 3 is 2.52 bits per heavy atom. The van der Waals surface area contributed by atoms with Crippen molar-refractivity contribution in [1.82, 2.24) is 4.90 Å². The van der Waals surface area contributed by atoms with E-state index < -0.39 is 5.91 Å².